The van der Waals surface area contributed by atoms with Crippen molar-refractivity contribution in [3.8, 4) is 0 Å². The van der Waals surface area contributed by atoms with Crippen molar-refractivity contribution in [2.45, 2.75) is 46.6 Å². The van der Waals surface area contributed by atoms with Gasteiger partial charge in [0.05, 0.1) is 5.02 Å². The van der Waals surface area contributed by atoms with E-state index in [1.54, 1.807) is 0 Å². The van der Waals surface area contributed by atoms with Crippen LogP contribution in [-0.4, -0.2) is 5.91 Å². The van der Waals surface area contributed by atoms with Crippen LogP contribution in [0.15, 0.2) is 6.07 Å². The zero-order valence-electron chi connectivity index (χ0n) is 11.9. The number of halogens is 1. The molecule has 4 heteroatoms. The lowest BCUT2D eigenvalue weighted by Gasteiger charge is -2.30. The third kappa shape index (κ3) is 2.63. The molecule has 2 rings (SSSR count). The summed E-state index contributed by atoms with van der Waals surface area (Å²) < 4.78 is 0. The van der Waals surface area contributed by atoms with Gasteiger partial charge in [-0.1, -0.05) is 38.4 Å². The maximum atomic E-state index is 11.5. The van der Waals surface area contributed by atoms with Crippen LogP contribution < -0.4 is 11.1 Å². The van der Waals surface area contributed by atoms with Crippen LogP contribution >= 0.6 is 11.6 Å². The SMILES string of the molecule is Cc1c(Cl)c(C(N)C(C)(C)C)cc2c1NC(=O)CC2. The quantitative estimate of drug-likeness (QED) is 0.826. The fourth-order valence-electron chi connectivity index (χ4n) is 2.40. The Morgan fingerprint density at radius 2 is 2.00 bits per heavy atom. The molecule has 0 bridgehead atoms. The summed E-state index contributed by atoms with van der Waals surface area (Å²) in [4.78, 5) is 11.5. The van der Waals surface area contributed by atoms with Gasteiger partial charge < -0.3 is 11.1 Å². The molecule has 1 aromatic rings. The van der Waals surface area contributed by atoms with Gasteiger partial charge in [0.2, 0.25) is 5.91 Å². The molecule has 1 heterocycles. The highest BCUT2D eigenvalue weighted by Crippen LogP contribution is 2.40. The number of nitrogens with one attached hydrogen (secondary N) is 1. The van der Waals surface area contributed by atoms with Gasteiger partial charge in [0, 0.05) is 18.2 Å². The summed E-state index contributed by atoms with van der Waals surface area (Å²) in [5.74, 6) is 0.0551. The van der Waals surface area contributed by atoms with E-state index in [0.717, 1.165) is 28.8 Å². The van der Waals surface area contributed by atoms with Crippen molar-refractivity contribution in [1.82, 2.24) is 0 Å². The Bertz CT molecular complexity index is 532. The zero-order valence-corrected chi connectivity index (χ0v) is 12.7. The van der Waals surface area contributed by atoms with Crippen LogP contribution in [0.5, 0.6) is 0 Å². The molecular formula is C15H21ClN2O. The van der Waals surface area contributed by atoms with Gasteiger partial charge >= 0.3 is 0 Å². The van der Waals surface area contributed by atoms with Crippen molar-refractivity contribution in [2.75, 3.05) is 5.32 Å². The molecule has 0 aromatic heterocycles. The van der Waals surface area contributed by atoms with Gasteiger partial charge in [0.15, 0.2) is 0 Å². The third-order valence-corrected chi connectivity index (χ3v) is 4.26. The van der Waals surface area contributed by atoms with Crippen molar-refractivity contribution in [2.24, 2.45) is 11.1 Å². The highest BCUT2D eigenvalue weighted by molar-refractivity contribution is 6.32. The van der Waals surface area contributed by atoms with E-state index in [9.17, 15) is 4.79 Å². The Hall–Kier alpha value is -1.06. The Morgan fingerprint density at radius 3 is 2.58 bits per heavy atom. The highest BCUT2D eigenvalue weighted by Gasteiger charge is 2.28. The highest BCUT2D eigenvalue weighted by atomic mass is 35.5. The minimum Gasteiger partial charge on any atom is -0.326 e. The van der Waals surface area contributed by atoms with Crippen molar-refractivity contribution in [3.05, 3.63) is 27.8 Å². The van der Waals surface area contributed by atoms with Crippen LogP contribution in [0.4, 0.5) is 5.69 Å². The number of rotatable bonds is 1. The second kappa shape index (κ2) is 4.80. The molecule has 19 heavy (non-hydrogen) atoms. The number of carbonyl (C=O) groups excluding carboxylic acids is 1. The number of hydrogen-bond donors (Lipinski definition) is 2. The molecule has 0 spiro atoms. The first-order valence-electron chi connectivity index (χ1n) is 6.59. The lowest BCUT2D eigenvalue weighted by Crippen LogP contribution is -2.28. The molecule has 1 aliphatic heterocycles. The molecule has 0 saturated carbocycles. The summed E-state index contributed by atoms with van der Waals surface area (Å²) in [5.41, 5.74) is 10.2. The summed E-state index contributed by atoms with van der Waals surface area (Å²) >= 11 is 6.45. The molecule has 0 saturated heterocycles. The van der Waals surface area contributed by atoms with Crippen molar-refractivity contribution in [3.63, 3.8) is 0 Å². The number of aryl methyl sites for hydroxylation is 1. The maximum absolute atomic E-state index is 11.5. The first-order valence-corrected chi connectivity index (χ1v) is 6.97. The van der Waals surface area contributed by atoms with Gasteiger partial charge in [0.1, 0.15) is 0 Å². The van der Waals surface area contributed by atoms with E-state index >= 15 is 0 Å². The van der Waals surface area contributed by atoms with Gasteiger partial charge in [-0.15, -0.1) is 0 Å². The van der Waals surface area contributed by atoms with Crippen molar-refractivity contribution in [1.29, 1.82) is 0 Å². The molecule has 1 amide bonds. The Kier molecular flexibility index (Phi) is 3.63. The van der Waals surface area contributed by atoms with Crippen molar-refractivity contribution >= 4 is 23.2 Å². The van der Waals surface area contributed by atoms with E-state index in [-0.39, 0.29) is 17.4 Å². The lowest BCUT2D eigenvalue weighted by molar-refractivity contribution is -0.116. The normalized spacial score (nSPS) is 16.8. The third-order valence-electron chi connectivity index (χ3n) is 3.76. The largest absolute Gasteiger partial charge is 0.326 e. The van der Waals surface area contributed by atoms with Gasteiger partial charge in [-0.2, -0.15) is 0 Å². The minimum atomic E-state index is -0.123. The summed E-state index contributed by atoms with van der Waals surface area (Å²) in [6, 6.07) is 1.93. The molecule has 0 radical (unpaired) electrons. The molecular weight excluding hydrogens is 260 g/mol. The number of fused-ring (bicyclic) bond motifs is 1. The van der Waals surface area contributed by atoms with E-state index in [1.165, 1.54) is 0 Å². The maximum Gasteiger partial charge on any atom is 0.224 e. The van der Waals surface area contributed by atoms with E-state index in [4.69, 9.17) is 17.3 Å². The first kappa shape index (κ1) is 14.4. The number of hydrogen-bond acceptors (Lipinski definition) is 2. The Balaban J connectivity index is 2.54. The monoisotopic (exact) mass is 280 g/mol. The zero-order chi connectivity index (χ0) is 14.4. The second-order valence-electron chi connectivity index (χ2n) is 6.33. The topological polar surface area (TPSA) is 55.1 Å². The number of anilines is 1. The molecule has 1 atom stereocenters. The average molecular weight is 281 g/mol. The molecule has 3 nitrogen and oxygen atoms in total. The molecule has 1 aromatic carbocycles. The lowest BCUT2D eigenvalue weighted by atomic mass is 9.81. The van der Waals surface area contributed by atoms with Gasteiger partial charge in [-0.3, -0.25) is 4.79 Å². The van der Waals surface area contributed by atoms with E-state index in [0.29, 0.717) is 11.4 Å². The number of amides is 1. The average Bonchev–Trinajstić information content (AvgIpc) is 2.32. The summed E-state index contributed by atoms with van der Waals surface area (Å²) in [7, 11) is 0. The Labute approximate surface area is 119 Å². The fourth-order valence-corrected chi connectivity index (χ4v) is 2.67. The molecule has 104 valence electrons. The second-order valence-corrected chi connectivity index (χ2v) is 6.71. The summed E-state index contributed by atoms with van der Waals surface area (Å²) in [6.45, 7) is 8.24. The van der Waals surface area contributed by atoms with Crippen molar-refractivity contribution < 1.29 is 4.79 Å². The van der Waals surface area contributed by atoms with Crippen LogP contribution in [0.25, 0.3) is 0 Å². The van der Waals surface area contributed by atoms with Crippen LogP contribution in [0.2, 0.25) is 5.02 Å². The number of benzene rings is 1. The fraction of sp³-hybridized carbons (Fsp3) is 0.533. The van der Waals surface area contributed by atoms with Crippen LogP contribution in [0, 0.1) is 12.3 Å². The van der Waals surface area contributed by atoms with E-state index in [1.807, 2.05) is 6.92 Å². The minimum absolute atomic E-state index is 0.0533. The molecule has 1 unspecified atom stereocenters. The molecule has 0 aliphatic carbocycles. The predicted molar refractivity (Wildman–Crippen MR) is 79.5 cm³/mol. The smallest absolute Gasteiger partial charge is 0.224 e. The number of nitrogens with two attached hydrogens (primary N) is 1. The Morgan fingerprint density at radius 1 is 1.37 bits per heavy atom. The number of carbonyl (C=O) groups is 1. The molecule has 3 N–H and O–H groups in total. The summed E-state index contributed by atoms with van der Waals surface area (Å²) in [5, 5.41) is 3.58. The summed E-state index contributed by atoms with van der Waals surface area (Å²) in [6.07, 6.45) is 1.28. The van der Waals surface area contributed by atoms with E-state index in [2.05, 4.69) is 32.2 Å². The first-order chi connectivity index (χ1) is 8.71. The van der Waals surface area contributed by atoms with Gasteiger partial charge in [-0.05, 0) is 35.4 Å². The van der Waals surface area contributed by atoms with Gasteiger partial charge in [-0.25, -0.2) is 0 Å². The predicted octanol–water partition coefficient (Wildman–Crippen LogP) is 3.58. The standard InChI is InChI=1S/C15H21ClN2O/c1-8-12(16)10(14(17)15(2,3)4)7-9-5-6-11(19)18-13(8)9/h7,14H,5-6,17H2,1-4H3,(H,18,19). The van der Waals surface area contributed by atoms with Crippen LogP contribution in [0.1, 0.15) is 49.9 Å². The molecule has 0 fully saturated rings. The van der Waals surface area contributed by atoms with Gasteiger partial charge in [0.25, 0.3) is 0 Å². The molecule has 1 aliphatic rings. The van der Waals surface area contributed by atoms with Crippen LogP contribution in [0.3, 0.4) is 0 Å². The van der Waals surface area contributed by atoms with Crippen LogP contribution in [-0.2, 0) is 11.2 Å². The van der Waals surface area contributed by atoms with E-state index < -0.39 is 0 Å².